The minimum Gasteiger partial charge on any atom is -0.494 e. The quantitative estimate of drug-likeness (QED) is 0.801. The van der Waals surface area contributed by atoms with Crippen LogP contribution in [0.15, 0.2) is 30.3 Å². The molecule has 1 aromatic carbocycles. The molecule has 0 aliphatic rings. The Kier molecular flexibility index (Phi) is 12.4. The van der Waals surface area contributed by atoms with Crippen molar-refractivity contribution in [2.45, 2.75) is 32.2 Å². The number of benzene rings is 1. The number of nitrogens with two attached hydrogens (primary N) is 1. The maximum atomic E-state index is 5.64. The van der Waals surface area contributed by atoms with E-state index in [-0.39, 0.29) is 24.8 Å². The molecule has 1 atom stereocenters. The average Bonchev–Trinajstić information content (AvgIpc) is 2.18. The van der Waals surface area contributed by atoms with E-state index in [1.807, 2.05) is 37.3 Å². The van der Waals surface area contributed by atoms with Gasteiger partial charge < -0.3 is 10.5 Å². The highest BCUT2D eigenvalue weighted by Crippen LogP contribution is 2.09. The van der Waals surface area contributed by atoms with Crippen LogP contribution in [0.4, 0.5) is 0 Å². The lowest BCUT2D eigenvalue weighted by molar-refractivity contribution is 0.303. The SMILES string of the molecule is CC(N)CCCCOc1ccccc1.Cl.Cl. The van der Waals surface area contributed by atoms with Gasteiger partial charge in [0.2, 0.25) is 0 Å². The molecule has 2 N–H and O–H groups in total. The second-order valence-corrected chi connectivity index (χ2v) is 3.63. The van der Waals surface area contributed by atoms with Crippen molar-refractivity contribution in [2.75, 3.05) is 6.61 Å². The van der Waals surface area contributed by atoms with Crippen molar-refractivity contribution in [3.05, 3.63) is 30.3 Å². The first-order valence-corrected chi connectivity index (χ1v) is 5.22. The summed E-state index contributed by atoms with van der Waals surface area (Å²) in [6.45, 7) is 2.83. The van der Waals surface area contributed by atoms with Crippen molar-refractivity contribution >= 4 is 24.8 Å². The molecule has 16 heavy (non-hydrogen) atoms. The monoisotopic (exact) mass is 265 g/mol. The molecule has 0 fully saturated rings. The lowest BCUT2D eigenvalue weighted by atomic mass is 10.1. The van der Waals surface area contributed by atoms with Crippen molar-refractivity contribution in [1.82, 2.24) is 0 Å². The van der Waals surface area contributed by atoms with Crippen LogP contribution in [-0.4, -0.2) is 12.6 Å². The van der Waals surface area contributed by atoms with Gasteiger partial charge in [-0.15, -0.1) is 24.8 Å². The Bertz CT molecular complexity index is 242. The maximum Gasteiger partial charge on any atom is 0.119 e. The van der Waals surface area contributed by atoms with Crippen LogP contribution in [0.3, 0.4) is 0 Å². The van der Waals surface area contributed by atoms with Crippen molar-refractivity contribution in [1.29, 1.82) is 0 Å². The predicted octanol–water partition coefficient (Wildman–Crippen LogP) is 3.43. The summed E-state index contributed by atoms with van der Waals surface area (Å²) < 4.78 is 5.55. The number of ether oxygens (including phenoxy) is 1. The molecule has 0 saturated carbocycles. The predicted molar refractivity (Wildman–Crippen MR) is 73.9 cm³/mol. The topological polar surface area (TPSA) is 35.2 Å². The van der Waals surface area contributed by atoms with Gasteiger partial charge in [-0.3, -0.25) is 0 Å². The number of unbranched alkanes of at least 4 members (excludes halogenated alkanes) is 1. The highest BCUT2D eigenvalue weighted by molar-refractivity contribution is 5.85. The number of para-hydroxylation sites is 1. The van der Waals surface area contributed by atoms with Crippen LogP contribution in [-0.2, 0) is 0 Å². The van der Waals surface area contributed by atoms with Crippen LogP contribution < -0.4 is 10.5 Å². The molecule has 94 valence electrons. The third kappa shape index (κ3) is 8.84. The van der Waals surface area contributed by atoms with E-state index in [2.05, 4.69) is 0 Å². The standard InChI is InChI=1S/C12H19NO.2ClH/c1-11(13)7-5-6-10-14-12-8-3-2-4-9-12;;/h2-4,8-9,11H,5-7,10,13H2,1H3;2*1H. The lowest BCUT2D eigenvalue weighted by Gasteiger charge is -2.06. The highest BCUT2D eigenvalue weighted by Gasteiger charge is 1.95. The molecule has 0 aliphatic heterocycles. The Labute approximate surface area is 110 Å². The average molecular weight is 266 g/mol. The Hall–Kier alpha value is -0.440. The molecule has 4 heteroatoms. The fourth-order valence-electron chi connectivity index (χ4n) is 1.28. The number of hydrogen-bond donors (Lipinski definition) is 1. The molecule has 1 rings (SSSR count). The van der Waals surface area contributed by atoms with Gasteiger partial charge in [0.15, 0.2) is 0 Å². The summed E-state index contributed by atoms with van der Waals surface area (Å²) in [5.41, 5.74) is 5.64. The van der Waals surface area contributed by atoms with Crippen LogP contribution in [0, 0.1) is 0 Å². The van der Waals surface area contributed by atoms with Gasteiger partial charge in [-0.25, -0.2) is 0 Å². The zero-order chi connectivity index (χ0) is 10.2. The van der Waals surface area contributed by atoms with Crippen molar-refractivity contribution < 1.29 is 4.74 Å². The number of halogens is 2. The lowest BCUT2D eigenvalue weighted by Crippen LogP contribution is -2.14. The fraction of sp³-hybridized carbons (Fsp3) is 0.500. The second kappa shape index (κ2) is 11.1. The van der Waals surface area contributed by atoms with Crippen LogP contribution in [0.2, 0.25) is 0 Å². The first-order chi connectivity index (χ1) is 6.79. The van der Waals surface area contributed by atoms with E-state index in [1.165, 1.54) is 0 Å². The van der Waals surface area contributed by atoms with Gasteiger partial charge in [0, 0.05) is 6.04 Å². The molecule has 0 aromatic heterocycles. The summed E-state index contributed by atoms with van der Waals surface area (Å²) in [7, 11) is 0. The van der Waals surface area contributed by atoms with E-state index in [1.54, 1.807) is 0 Å². The Morgan fingerprint density at radius 2 is 1.75 bits per heavy atom. The molecule has 1 unspecified atom stereocenters. The van der Waals surface area contributed by atoms with Crippen LogP contribution in [0.5, 0.6) is 5.75 Å². The maximum absolute atomic E-state index is 5.64. The normalized spacial score (nSPS) is 10.9. The van der Waals surface area contributed by atoms with E-state index in [0.717, 1.165) is 31.6 Å². The molecular formula is C12H21Cl2NO. The van der Waals surface area contributed by atoms with Gasteiger partial charge in [0.05, 0.1) is 6.61 Å². The van der Waals surface area contributed by atoms with Crippen molar-refractivity contribution in [3.8, 4) is 5.75 Å². The van der Waals surface area contributed by atoms with Gasteiger partial charge in [-0.2, -0.15) is 0 Å². The summed E-state index contributed by atoms with van der Waals surface area (Å²) in [6.07, 6.45) is 3.30. The molecule has 0 spiro atoms. The number of hydrogen-bond acceptors (Lipinski definition) is 2. The van der Waals surface area contributed by atoms with Crippen molar-refractivity contribution in [3.63, 3.8) is 0 Å². The third-order valence-corrected chi connectivity index (χ3v) is 2.07. The zero-order valence-corrected chi connectivity index (χ0v) is 11.2. The van der Waals surface area contributed by atoms with E-state index >= 15 is 0 Å². The fourth-order valence-corrected chi connectivity index (χ4v) is 1.28. The van der Waals surface area contributed by atoms with Crippen molar-refractivity contribution in [2.24, 2.45) is 5.73 Å². The van der Waals surface area contributed by atoms with E-state index in [4.69, 9.17) is 10.5 Å². The van der Waals surface area contributed by atoms with Gasteiger partial charge in [0.1, 0.15) is 5.75 Å². The third-order valence-electron chi connectivity index (χ3n) is 2.07. The molecule has 0 heterocycles. The smallest absolute Gasteiger partial charge is 0.119 e. The zero-order valence-electron chi connectivity index (χ0n) is 9.59. The highest BCUT2D eigenvalue weighted by atomic mass is 35.5. The Balaban J connectivity index is 0. The first-order valence-electron chi connectivity index (χ1n) is 5.22. The summed E-state index contributed by atoms with van der Waals surface area (Å²) in [5.74, 6) is 0.952. The second-order valence-electron chi connectivity index (χ2n) is 3.63. The largest absolute Gasteiger partial charge is 0.494 e. The van der Waals surface area contributed by atoms with E-state index in [0.29, 0.717) is 6.04 Å². The number of rotatable bonds is 6. The van der Waals surface area contributed by atoms with Crippen LogP contribution in [0.25, 0.3) is 0 Å². The van der Waals surface area contributed by atoms with Gasteiger partial charge >= 0.3 is 0 Å². The van der Waals surface area contributed by atoms with Gasteiger partial charge in [0.25, 0.3) is 0 Å². The molecule has 1 aromatic rings. The van der Waals surface area contributed by atoms with Crippen LogP contribution in [0.1, 0.15) is 26.2 Å². The molecular weight excluding hydrogens is 245 g/mol. The Morgan fingerprint density at radius 3 is 2.31 bits per heavy atom. The molecule has 2 nitrogen and oxygen atoms in total. The molecule has 0 radical (unpaired) electrons. The van der Waals surface area contributed by atoms with Gasteiger partial charge in [-0.05, 0) is 38.3 Å². The summed E-state index contributed by atoms with van der Waals surface area (Å²) in [5, 5.41) is 0. The van der Waals surface area contributed by atoms with E-state index < -0.39 is 0 Å². The molecule has 0 saturated heterocycles. The minimum absolute atomic E-state index is 0. The summed E-state index contributed by atoms with van der Waals surface area (Å²) in [6, 6.07) is 10.2. The first kappa shape index (κ1) is 17.9. The van der Waals surface area contributed by atoms with Gasteiger partial charge in [-0.1, -0.05) is 18.2 Å². The summed E-state index contributed by atoms with van der Waals surface area (Å²) >= 11 is 0. The summed E-state index contributed by atoms with van der Waals surface area (Å²) in [4.78, 5) is 0. The minimum atomic E-state index is 0. The van der Waals surface area contributed by atoms with E-state index in [9.17, 15) is 0 Å². The Morgan fingerprint density at radius 1 is 1.12 bits per heavy atom. The molecule has 0 aliphatic carbocycles. The molecule has 0 amide bonds. The molecule has 0 bridgehead atoms. The van der Waals surface area contributed by atoms with Crippen LogP contribution >= 0.6 is 24.8 Å².